The molecule has 1 aliphatic heterocycles. The standard InChI is InChI=1S/C11H25N3/c1-3-14(4-2)11-6-9-13(10-11)8-5-7-12/h11H,3-10,12H2,1-2H3. The van der Waals surface area contributed by atoms with Gasteiger partial charge >= 0.3 is 0 Å². The van der Waals surface area contributed by atoms with Gasteiger partial charge in [-0.05, 0) is 45.6 Å². The second-order valence-electron chi connectivity index (χ2n) is 4.11. The van der Waals surface area contributed by atoms with Gasteiger partial charge in [-0.15, -0.1) is 0 Å². The summed E-state index contributed by atoms with van der Waals surface area (Å²) >= 11 is 0. The van der Waals surface area contributed by atoms with Gasteiger partial charge in [-0.3, -0.25) is 4.90 Å². The Morgan fingerprint density at radius 3 is 2.64 bits per heavy atom. The molecule has 0 amide bonds. The van der Waals surface area contributed by atoms with Crippen LogP contribution < -0.4 is 5.73 Å². The molecule has 0 aliphatic carbocycles. The van der Waals surface area contributed by atoms with Crippen molar-refractivity contribution in [1.29, 1.82) is 0 Å². The van der Waals surface area contributed by atoms with Gasteiger partial charge in [-0.1, -0.05) is 13.8 Å². The molecule has 0 aromatic carbocycles. The number of likely N-dealkylation sites (tertiary alicyclic amines) is 1. The maximum Gasteiger partial charge on any atom is 0.0235 e. The fourth-order valence-electron chi connectivity index (χ4n) is 2.37. The van der Waals surface area contributed by atoms with Crippen LogP contribution in [0.15, 0.2) is 0 Å². The smallest absolute Gasteiger partial charge is 0.0235 e. The van der Waals surface area contributed by atoms with Gasteiger partial charge in [-0.25, -0.2) is 0 Å². The lowest BCUT2D eigenvalue weighted by Gasteiger charge is -2.26. The monoisotopic (exact) mass is 199 g/mol. The van der Waals surface area contributed by atoms with Crippen molar-refractivity contribution < 1.29 is 0 Å². The van der Waals surface area contributed by atoms with Crippen LogP contribution in [0.25, 0.3) is 0 Å². The number of likely N-dealkylation sites (N-methyl/N-ethyl adjacent to an activating group) is 1. The van der Waals surface area contributed by atoms with Gasteiger partial charge in [0, 0.05) is 12.6 Å². The van der Waals surface area contributed by atoms with Crippen LogP contribution in [0.2, 0.25) is 0 Å². The first-order valence-corrected chi connectivity index (χ1v) is 5.98. The van der Waals surface area contributed by atoms with Gasteiger partial charge in [0.2, 0.25) is 0 Å². The largest absolute Gasteiger partial charge is 0.330 e. The molecule has 1 rings (SSSR count). The highest BCUT2D eigenvalue weighted by Crippen LogP contribution is 2.15. The molecule has 3 heteroatoms. The molecule has 0 spiro atoms. The molecule has 0 aromatic rings. The number of hydrogen-bond donors (Lipinski definition) is 1. The Morgan fingerprint density at radius 2 is 2.07 bits per heavy atom. The minimum absolute atomic E-state index is 0.794. The molecule has 0 saturated carbocycles. The summed E-state index contributed by atoms with van der Waals surface area (Å²) in [5.74, 6) is 0. The summed E-state index contributed by atoms with van der Waals surface area (Å²) in [4.78, 5) is 5.12. The molecule has 0 radical (unpaired) electrons. The van der Waals surface area contributed by atoms with E-state index in [1.807, 2.05) is 0 Å². The SMILES string of the molecule is CCN(CC)C1CCN(CCCN)C1. The first-order chi connectivity index (χ1) is 6.81. The van der Waals surface area contributed by atoms with Crippen LogP contribution in [-0.4, -0.2) is 55.1 Å². The molecule has 1 saturated heterocycles. The van der Waals surface area contributed by atoms with Crippen molar-refractivity contribution in [3.05, 3.63) is 0 Å². The molecule has 1 fully saturated rings. The third-order valence-corrected chi connectivity index (χ3v) is 3.25. The van der Waals surface area contributed by atoms with E-state index in [-0.39, 0.29) is 0 Å². The molecule has 1 unspecified atom stereocenters. The molecule has 2 N–H and O–H groups in total. The molecule has 14 heavy (non-hydrogen) atoms. The van der Waals surface area contributed by atoms with E-state index in [2.05, 4.69) is 23.6 Å². The Bertz CT molecular complexity index is 145. The van der Waals surface area contributed by atoms with E-state index in [4.69, 9.17) is 5.73 Å². The van der Waals surface area contributed by atoms with E-state index in [1.54, 1.807) is 0 Å². The van der Waals surface area contributed by atoms with E-state index in [9.17, 15) is 0 Å². The minimum Gasteiger partial charge on any atom is -0.330 e. The molecule has 3 nitrogen and oxygen atoms in total. The van der Waals surface area contributed by atoms with Crippen LogP contribution in [-0.2, 0) is 0 Å². The highest BCUT2D eigenvalue weighted by molar-refractivity contribution is 4.82. The summed E-state index contributed by atoms with van der Waals surface area (Å²) in [6, 6.07) is 0.794. The molecule has 1 aliphatic rings. The molecule has 0 aromatic heterocycles. The summed E-state index contributed by atoms with van der Waals surface area (Å²) in [6.45, 7) is 11.4. The Hall–Kier alpha value is -0.120. The zero-order chi connectivity index (χ0) is 10.4. The van der Waals surface area contributed by atoms with E-state index in [0.717, 1.165) is 19.0 Å². The number of nitrogens with zero attached hydrogens (tertiary/aromatic N) is 2. The van der Waals surface area contributed by atoms with Crippen LogP contribution >= 0.6 is 0 Å². The number of rotatable bonds is 6. The van der Waals surface area contributed by atoms with Gasteiger partial charge < -0.3 is 10.6 Å². The van der Waals surface area contributed by atoms with Crippen molar-refractivity contribution in [3.63, 3.8) is 0 Å². The highest BCUT2D eigenvalue weighted by atomic mass is 15.2. The lowest BCUT2D eigenvalue weighted by Crippen LogP contribution is -2.37. The first kappa shape index (κ1) is 12.0. The second-order valence-corrected chi connectivity index (χ2v) is 4.11. The summed E-state index contributed by atoms with van der Waals surface area (Å²) in [5.41, 5.74) is 5.52. The van der Waals surface area contributed by atoms with Gasteiger partial charge in [0.1, 0.15) is 0 Å². The average molecular weight is 199 g/mol. The maximum atomic E-state index is 5.52. The molecule has 1 atom stereocenters. The molecule has 1 heterocycles. The van der Waals surface area contributed by atoms with Crippen LogP contribution in [0, 0.1) is 0 Å². The average Bonchev–Trinajstić information content (AvgIpc) is 2.65. The fraction of sp³-hybridized carbons (Fsp3) is 1.00. The van der Waals surface area contributed by atoms with E-state index >= 15 is 0 Å². The van der Waals surface area contributed by atoms with Crippen molar-refractivity contribution in [2.75, 3.05) is 39.3 Å². The van der Waals surface area contributed by atoms with Crippen LogP contribution in [0.1, 0.15) is 26.7 Å². The zero-order valence-corrected chi connectivity index (χ0v) is 9.71. The van der Waals surface area contributed by atoms with Crippen molar-refractivity contribution >= 4 is 0 Å². The quantitative estimate of drug-likeness (QED) is 0.685. The topological polar surface area (TPSA) is 32.5 Å². The summed E-state index contributed by atoms with van der Waals surface area (Å²) in [5, 5.41) is 0. The van der Waals surface area contributed by atoms with Crippen LogP contribution in [0.5, 0.6) is 0 Å². The fourth-order valence-corrected chi connectivity index (χ4v) is 2.37. The molecular weight excluding hydrogens is 174 g/mol. The Morgan fingerprint density at radius 1 is 1.36 bits per heavy atom. The lowest BCUT2D eigenvalue weighted by atomic mass is 10.2. The lowest BCUT2D eigenvalue weighted by molar-refractivity contribution is 0.210. The molecule has 84 valence electrons. The van der Waals surface area contributed by atoms with Crippen LogP contribution in [0.3, 0.4) is 0 Å². The van der Waals surface area contributed by atoms with Gasteiger partial charge in [0.25, 0.3) is 0 Å². The van der Waals surface area contributed by atoms with Crippen molar-refractivity contribution in [2.24, 2.45) is 5.73 Å². The van der Waals surface area contributed by atoms with Crippen LogP contribution in [0.4, 0.5) is 0 Å². The zero-order valence-electron chi connectivity index (χ0n) is 9.71. The third kappa shape index (κ3) is 3.23. The van der Waals surface area contributed by atoms with E-state index in [0.29, 0.717) is 0 Å². The predicted molar refractivity (Wildman–Crippen MR) is 61.4 cm³/mol. The van der Waals surface area contributed by atoms with Gasteiger partial charge in [-0.2, -0.15) is 0 Å². The minimum atomic E-state index is 0.794. The summed E-state index contributed by atoms with van der Waals surface area (Å²) < 4.78 is 0. The Balaban J connectivity index is 2.25. The Kier molecular flexibility index (Phi) is 5.45. The Labute approximate surface area is 88.2 Å². The second kappa shape index (κ2) is 6.38. The van der Waals surface area contributed by atoms with E-state index < -0.39 is 0 Å². The maximum absolute atomic E-state index is 5.52. The summed E-state index contributed by atoms with van der Waals surface area (Å²) in [7, 11) is 0. The van der Waals surface area contributed by atoms with Crippen molar-refractivity contribution in [2.45, 2.75) is 32.7 Å². The molecule has 0 bridgehead atoms. The number of hydrogen-bond acceptors (Lipinski definition) is 3. The molecular formula is C11H25N3. The number of nitrogens with two attached hydrogens (primary N) is 1. The van der Waals surface area contributed by atoms with Crippen molar-refractivity contribution in [1.82, 2.24) is 9.80 Å². The summed E-state index contributed by atoms with van der Waals surface area (Å²) in [6.07, 6.45) is 2.48. The van der Waals surface area contributed by atoms with Gasteiger partial charge in [0.15, 0.2) is 0 Å². The predicted octanol–water partition coefficient (Wildman–Crippen LogP) is 0.751. The first-order valence-electron chi connectivity index (χ1n) is 5.98. The highest BCUT2D eigenvalue weighted by Gasteiger charge is 2.25. The normalized spacial score (nSPS) is 23.6. The van der Waals surface area contributed by atoms with Gasteiger partial charge in [0.05, 0.1) is 0 Å². The van der Waals surface area contributed by atoms with Crippen molar-refractivity contribution in [3.8, 4) is 0 Å². The third-order valence-electron chi connectivity index (χ3n) is 3.25. The van der Waals surface area contributed by atoms with E-state index in [1.165, 1.54) is 39.1 Å².